The summed E-state index contributed by atoms with van der Waals surface area (Å²) in [4.78, 5) is 2.58. The number of nitrogens with zero attached hydrogens (tertiary/aromatic N) is 2. The molecule has 6 atom stereocenters. The Morgan fingerprint density at radius 3 is 2.46 bits per heavy atom. The molecule has 0 fully saturated rings. The van der Waals surface area contributed by atoms with Crippen LogP contribution in [0.25, 0.3) is 22.6 Å². The Balaban J connectivity index is 1.07. The van der Waals surface area contributed by atoms with Crippen molar-refractivity contribution in [1.82, 2.24) is 9.88 Å². The van der Waals surface area contributed by atoms with E-state index in [0.29, 0.717) is 17.9 Å². The largest absolute Gasteiger partial charge is 0.368 e. The molecule has 0 radical (unpaired) electrons. The van der Waals surface area contributed by atoms with E-state index in [4.69, 9.17) is 0 Å². The second-order valence-corrected chi connectivity index (χ2v) is 17.5. The zero-order valence-corrected chi connectivity index (χ0v) is 32.2. The summed E-state index contributed by atoms with van der Waals surface area (Å²) >= 11 is 0. The van der Waals surface area contributed by atoms with Crippen LogP contribution in [-0.2, 0) is 5.41 Å². The van der Waals surface area contributed by atoms with E-state index in [9.17, 15) is 0 Å². The van der Waals surface area contributed by atoms with Gasteiger partial charge in [0.05, 0.1) is 11.6 Å². The smallest absolute Gasteiger partial charge is 0.107 e. The third-order valence-corrected chi connectivity index (χ3v) is 13.6. The Kier molecular flexibility index (Phi) is 7.88. The highest BCUT2D eigenvalue weighted by molar-refractivity contribution is 5.94. The van der Waals surface area contributed by atoms with Crippen molar-refractivity contribution in [3.05, 3.63) is 148 Å². The van der Waals surface area contributed by atoms with Crippen LogP contribution in [0.15, 0.2) is 126 Å². The normalized spacial score (nSPS) is 30.0. The molecule has 2 heterocycles. The molecule has 9 rings (SSSR count). The van der Waals surface area contributed by atoms with Crippen LogP contribution in [0.5, 0.6) is 0 Å². The molecule has 0 bridgehead atoms. The van der Waals surface area contributed by atoms with E-state index >= 15 is 0 Å². The fourth-order valence-electron chi connectivity index (χ4n) is 10.4. The number of anilines is 1. The number of fused-ring (bicyclic) bond motifs is 5. The van der Waals surface area contributed by atoms with Crippen molar-refractivity contribution in [3.8, 4) is 0 Å². The molecular formula is C49H55N3. The van der Waals surface area contributed by atoms with Crippen LogP contribution in [0.2, 0.25) is 0 Å². The van der Waals surface area contributed by atoms with Gasteiger partial charge in [0.25, 0.3) is 0 Å². The van der Waals surface area contributed by atoms with E-state index in [0.717, 1.165) is 31.2 Å². The molecule has 6 unspecified atom stereocenters. The van der Waals surface area contributed by atoms with Crippen molar-refractivity contribution in [2.45, 2.75) is 97.1 Å². The highest BCUT2D eigenvalue weighted by Crippen LogP contribution is 2.55. The van der Waals surface area contributed by atoms with Crippen LogP contribution in [0.1, 0.15) is 108 Å². The second-order valence-electron chi connectivity index (χ2n) is 17.5. The van der Waals surface area contributed by atoms with Crippen LogP contribution < -0.4 is 10.2 Å². The minimum atomic E-state index is -0.223. The van der Waals surface area contributed by atoms with Gasteiger partial charge in [0, 0.05) is 45.7 Å². The number of aromatic nitrogens is 1. The maximum Gasteiger partial charge on any atom is 0.107 e. The summed E-state index contributed by atoms with van der Waals surface area (Å²) in [7, 11) is 0. The van der Waals surface area contributed by atoms with Gasteiger partial charge >= 0.3 is 0 Å². The Hall–Kier alpha value is -4.50. The number of hydrogen-bond acceptors (Lipinski definition) is 2. The maximum atomic E-state index is 3.74. The van der Waals surface area contributed by atoms with Crippen LogP contribution in [0.4, 0.5) is 5.69 Å². The Morgan fingerprint density at radius 2 is 1.69 bits per heavy atom. The lowest BCUT2D eigenvalue weighted by molar-refractivity contribution is 0.361. The molecule has 3 aromatic rings. The van der Waals surface area contributed by atoms with Crippen LogP contribution in [0.3, 0.4) is 0 Å². The number of dihydropyridines is 1. The van der Waals surface area contributed by atoms with Crippen LogP contribution >= 0.6 is 0 Å². The Bertz CT molecular complexity index is 2220. The van der Waals surface area contributed by atoms with Crippen LogP contribution in [-0.4, -0.2) is 16.7 Å². The maximum absolute atomic E-state index is 3.74. The van der Waals surface area contributed by atoms with E-state index in [1.807, 2.05) is 0 Å². The van der Waals surface area contributed by atoms with Crippen molar-refractivity contribution in [1.29, 1.82) is 0 Å². The summed E-state index contributed by atoms with van der Waals surface area (Å²) < 4.78 is 2.65. The molecule has 1 aliphatic heterocycles. The molecule has 266 valence electrons. The summed E-state index contributed by atoms with van der Waals surface area (Å²) in [5.41, 5.74) is 14.5. The minimum absolute atomic E-state index is 0.0551. The third kappa shape index (κ3) is 5.13. The molecule has 0 saturated heterocycles. The van der Waals surface area contributed by atoms with Crippen molar-refractivity contribution < 1.29 is 0 Å². The lowest BCUT2D eigenvalue weighted by atomic mass is 9.72. The van der Waals surface area contributed by atoms with Gasteiger partial charge in [0.1, 0.15) is 5.82 Å². The molecule has 0 amide bonds. The predicted octanol–water partition coefficient (Wildman–Crippen LogP) is 12.1. The first-order valence-electron chi connectivity index (χ1n) is 19.9. The van der Waals surface area contributed by atoms with Gasteiger partial charge in [-0.05, 0) is 109 Å². The number of hydrogen-bond donors (Lipinski definition) is 1. The molecule has 6 aliphatic rings. The first-order valence-corrected chi connectivity index (χ1v) is 19.9. The lowest BCUT2D eigenvalue weighted by Crippen LogP contribution is -2.49. The molecule has 1 aromatic heterocycles. The van der Waals surface area contributed by atoms with Gasteiger partial charge in [-0.15, -0.1) is 0 Å². The van der Waals surface area contributed by atoms with Gasteiger partial charge in [-0.1, -0.05) is 126 Å². The molecular weight excluding hydrogens is 631 g/mol. The summed E-state index contributed by atoms with van der Waals surface area (Å²) in [5, 5.41) is 5.11. The average molecular weight is 686 g/mol. The molecule has 52 heavy (non-hydrogen) atoms. The molecule has 2 aromatic carbocycles. The highest BCUT2D eigenvalue weighted by atomic mass is 15.3. The summed E-state index contributed by atoms with van der Waals surface area (Å²) in [6.07, 6.45) is 30.2. The molecule has 3 heteroatoms. The zero-order valence-electron chi connectivity index (χ0n) is 32.2. The zero-order chi connectivity index (χ0) is 35.9. The third-order valence-electron chi connectivity index (χ3n) is 13.6. The van der Waals surface area contributed by atoms with E-state index in [-0.39, 0.29) is 11.0 Å². The van der Waals surface area contributed by atoms with Crippen molar-refractivity contribution in [3.63, 3.8) is 0 Å². The number of allylic oxidation sites excluding steroid dienone is 11. The van der Waals surface area contributed by atoms with Crippen LogP contribution in [0, 0.1) is 17.8 Å². The highest BCUT2D eigenvalue weighted by Gasteiger charge is 2.43. The van der Waals surface area contributed by atoms with Gasteiger partial charge in [0.2, 0.25) is 0 Å². The topological polar surface area (TPSA) is 20.2 Å². The van der Waals surface area contributed by atoms with Gasteiger partial charge in [-0.25, -0.2) is 0 Å². The number of rotatable bonds is 5. The van der Waals surface area contributed by atoms with E-state index in [1.54, 1.807) is 11.1 Å². The standard InChI is InChI=1S/C49H55N3/c1-31-14-8-10-16-44(31)51-45-17-11-9-15-39(45)41-29-36(26-34(4)47(41)51)35-21-23-49(7,24-22-35)52(46-18-12-13-25-50-46)37-19-20-38-40-27-32(2)33(3)28-42(40)48(5,6)43(38)30-37/h8-23,29-34,44,50H,24-28H2,1-7H3. The average Bonchev–Trinajstić information content (AvgIpc) is 3.58. The molecule has 0 spiro atoms. The molecule has 3 nitrogen and oxygen atoms in total. The molecule has 1 N–H and O–H groups in total. The van der Waals surface area contributed by atoms with Gasteiger partial charge in [-0.2, -0.15) is 0 Å². The number of nitrogens with one attached hydrogen (secondary N) is 1. The van der Waals surface area contributed by atoms with Crippen molar-refractivity contribution in [2.24, 2.45) is 17.8 Å². The molecule has 5 aliphatic carbocycles. The predicted molar refractivity (Wildman–Crippen MR) is 221 cm³/mol. The SMILES string of the molecule is CC1CC(C2=CCC(C)(N(C3=CC=CCN3)c3ccc4c(c3)C(C)(C)C3=C4CC(C)C(C)C3)C=C2)=Cc2c1n(C1C=CC=CC1C)c1ccccc21. The summed E-state index contributed by atoms with van der Waals surface area (Å²) in [5.74, 6) is 3.53. The quantitative estimate of drug-likeness (QED) is 0.288. The van der Waals surface area contributed by atoms with E-state index < -0.39 is 0 Å². The number of benzene rings is 2. The Labute approximate surface area is 311 Å². The van der Waals surface area contributed by atoms with Gasteiger partial charge in [0.15, 0.2) is 0 Å². The van der Waals surface area contributed by atoms with E-state index in [2.05, 4.69) is 173 Å². The van der Waals surface area contributed by atoms with E-state index in [1.165, 1.54) is 68.8 Å². The number of para-hydroxylation sites is 1. The minimum Gasteiger partial charge on any atom is -0.368 e. The lowest BCUT2D eigenvalue weighted by Gasteiger charge is -2.44. The van der Waals surface area contributed by atoms with Crippen molar-refractivity contribution in [2.75, 3.05) is 11.4 Å². The van der Waals surface area contributed by atoms with Gasteiger partial charge in [-0.3, -0.25) is 0 Å². The fraction of sp³-hybridized carbons (Fsp3) is 0.388. The fourth-order valence-corrected chi connectivity index (χ4v) is 10.4. The summed E-state index contributed by atoms with van der Waals surface area (Å²) in [6.45, 7) is 17.9. The second kappa shape index (κ2) is 12.3. The molecule has 0 saturated carbocycles. The first kappa shape index (κ1) is 33.3. The summed E-state index contributed by atoms with van der Waals surface area (Å²) in [6, 6.07) is 16.8. The van der Waals surface area contributed by atoms with Crippen molar-refractivity contribution >= 4 is 28.2 Å². The first-order chi connectivity index (χ1) is 25.0. The van der Waals surface area contributed by atoms with Gasteiger partial charge < -0.3 is 14.8 Å². The Morgan fingerprint density at radius 1 is 0.885 bits per heavy atom. The monoisotopic (exact) mass is 685 g/mol.